The molecule has 162 valence electrons. The van der Waals surface area contributed by atoms with Crippen molar-refractivity contribution in [2.45, 2.75) is 25.8 Å². The van der Waals surface area contributed by atoms with Gasteiger partial charge in [0.2, 0.25) is 0 Å². The van der Waals surface area contributed by atoms with Gasteiger partial charge in [0.05, 0.1) is 16.9 Å². The zero-order chi connectivity index (χ0) is 23.5. The molecule has 13 nitrogen and oxygen atoms in total. The highest BCUT2D eigenvalue weighted by atomic mass is 16.6. The Morgan fingerprint density at radius 3 is 2.48 bits per heavy atom. The number of carbonyl (C=O) groups is 4. The van der Waals surface area contributed by atoms with Crippen molar-refractivity contribution in [3.05, 3.63) is 44.0 Å². The van der Waals surface area contributed by atoms with Crippen molar-refractivity contribution in [2.24, 2.45) is 17.8 Å². The van der Waals surface area contributed by atoms with Crippen LogP contribution in [0.2, 0.25) is 0 Å². The van der Waals surface area contributed by atoms with Crippen LogP contribution in [-0.4, -0.2) is 44.4 Å². The number of nitriles is 1. The molecule has 1 saturated carbocycles. The van der Waals surface area contributed by atoms with Crippen molar-refractivity contribution in [3.63, 3.8) is 0 Å². The molecule has 31 heavy (non-hydrogen) atoms. The SMILES string of the molecule is C[C@@H]1CC(=O)[C@H](CC(=O)O)C1C(C(=O)C(=O)Nc1c(C#N)cccc1[N+](=O)[O-])[N+](=O)[O-]. The van der Waals surface area contributed by atoms with Crippen LogP contribution in [-0.2, 0) is 19.2 Å². The second-order valence-electron chi connectivity index (χ2n) is 7.05. The Morgan fingerprint density at radius 1 is 1.32 bits per heavy atom. The fourth-order valence-corrected chi connectivity index (χ4v) is 3.82. The number of carboxylic acids is 1. The van der Waals surface area contributed by atoms with Gasteiger partial charge < -0.3 is 10.4 Å². The molecular formula is C18H16N4O9. The molecule has 1 aliphatic rings. The van der Waals surface area contributed by atoms with E-state index in [-0.39, 0.29) is 12.0 Å². The van der Waals surface area contributed by atoms with Crippen LogP contribution in [0.3, 0.4) is 0 Å². The molecule has 2 unspecified atom stereocenters. The number of carboxylic acid groups (broad SMARTS) is 1. The quantitative estimate of drug-likeness (QED) is 0.337. The minimum absolute atomic E-state index is 0.190. The van der Waals surface area contributed by atoms with E-state index in [0.717, 1.165) is 12.1 Å². The number of nitro groups is 2. The third-order valence-electron chi connectivity index (χ3n) is 5.14. The highest BCUT2D eigenvalue weighted by molar-refractivity contribution is 6.42. The van der Waals surface area contributed by atoms with E-state index < -0.39 is 74.9 Å². The predicted octanol–water partition coefficient (Wildman–Crippen LogP) is 0.935. The summed E-state index contributed by atoms with van der Waals surface area (Å²) in [5.74, 6) is -8.58. The van der Waals surface area contributed by atoms with E-state index in [2.05, 4.69) is 0 Å². The highest BCUT2D eigenvalue weighted by Crippen LogP contribution is 2.40. The Balaban J connectivity index is 2.41. The largest absolute Gasteiger partial charge is 0.481 e. The Hall–Kier alpha value is -4.21. The normalized spacial score (nSPS) is 21.0. The van der Waals surface area contributed by atoms with E-state index in [4.69, 9.17) is 10.4 Å². The predicted molar refractivity (Wildman–Crippen MR) is 100 cm³/mol. The summed E-state index contributed by atoms with van der Waals surface area (Å²) in [6.45, 7) is 1.43. The van der Waals surface area contributed by atoms with Crippen molar-refractivity contribution in [1.29, 1.82) is 5.26 Å². The molecule has 13 heteroatoms. The van der Waals surface area contributed by atoms with E-state index >= 15 is 0 Å². The summed E-state index contributed by atoms with van der Waals surface area (Å²) in [7, 11) is 0. The summed E-state index contributed by atoms with van der Waals surface area (Å²) in [6.07, 6.45) is -0.930. The molecule has 4 atom stereocenters. The number of carbonyl (C=O) groups excluding carboxylic acids is 3. The summed E-state index contributed by atoms with van der Waals surface area (Å²) < 4.78 is 0. The van der Waals surface area contributed by atoms with Crippen LogP contribution in [0.4, 0.5) is 11.4 Å². The molecule has 0 radical (unpaired) electrons. The minimum atomic E-state index is -2.24. The first-order valence-corrected chi connectivity index (χ1v) is 8.90. The second kappa shape index (κ2) is 9.08. The molecule has 1 fully saturated rings. The topological polar surface area (TPSA) is 211 Å². The monoisotopic (exact) mass is 432 g/mol. The van der Waals surface area contributed by atoms with E-state index in [1.807, 2.05) is 5.32 Å². The van der Waals surface area contributed by atoms with Gasteiger partial charge in [0.25, 0.3) is 23.4 Å². The molecule has 0 aliphatic heterocycles. The molecular weight excluding hydrogens is 416 g/mol. The number of ketones is 2. The maximum Gasteiger partial charge on any atom is 0.304 e. The molecule has 2 rings (SSSR count). The minimum Gasteiger partial charge on any atom is -0.481 e. The average molecular weight is 432 g/mol. The number of amides is 1. The van der Waals surface area contributed by atoms with Crippen LogP contribution < -0.4 is 5.32 Å². The molecule has 0 aromatic heterocycles. The molecule has 0 spiro atoms. The highest BCUT2D eigenvalue weighted by Gasteiger charge is 2.54. The first kappa shape index (κ1) is 23.1. The summed E-state index contributed by atoms with van der Waals surface area (Å²) >= 11 is 0. The Labute approximate surface area is 173 Å². The third kappa shape index (κ3) is 4.69. The lowest BCUT2D eigenvalue weighted by molar-refractivity contribution is -0.518. The Bertz CT molecular complexity index is 1030. The number of benzene rings is 1. The van der Waals surface area contributed by atoms with Gasteiger partial charge in [-0.3, -0.25) is 39.4 Å². The zero-order valence-electron chi connectivity index (χ0n) is 16.0. The number of rotatable bonds is 8. The van der Waals surface area contributed by atoms with Crippen LogP contribution in [0, 0.1) is 49.3 Å². The number of nitro benzene ring substituents is 1. The van der Waals surface area contributed by atoms with E-state index in [1.165, 1.54) is 13.0 Å². The van der Waals surface area contributed by atoms with Crippen molar-refractivity contribution in [3.8, 4) is 6.07 Å². The molecule has 1 amide bonds. The zero-order valence-corrected chi connectivity index (χ0v) is 16.0. The van der Waals surface area contributed by atoms with Crippen molar-refractivity contribution in [2.75, 3.05) is 5.32 Å². The molecule has 1 aliphatic carbocycles. The van der Waals surface area contributed by atoms with Crippen LogP contribution in [0.1, 0.15) is 25.3 Å². The van der Waals surface area contributed by atoms with E-state index in [9.17, 15) is 39.4 Å². The van der Waals surface area contributed by atoms with Crippen LogP contribution >= 0.6 is 0 Å². The fourth-order valence-electron chi connectivity index (χ4n) is 3.82. The number of hydrogen-bond acceptors (Lipinski definition) is 9. The maximum atomic E-state index is 12.7. The lowest BCUT2D eigenvalue weighted by Crippen LogP contribution is -2.47. The Kier molecular flexibility index (Phi) is 6.75. The standard InChI is InChI=1S/C18H16N4O9/c1-8-5-12(23)10(6-13(24)25)14(8)16(22(30)31)17(26)18(27)20-15-9(7-19)3-2-4-11(15)21(28)29/h2-4,8,10,14,16H,5-6H2,1H3,(H,20,27)(H,24,25)/t8-,10+,14?,16?/m1/s1. The molecule has 2 N–H and O–H groups in total. The van der Waals surface area contributed by atoms with Gasteiger partial charge in [-0.2, -0.15) is 5.26 Å². The average Bonchev–Trinajstić information content (AvgIpc) is 2.94. The van der Waals surface area contributed by atoms with Crippen LogP contribution in [0.5, 0.6) is 0 Å². The van der Waals surface area contributed by atoms with E-state index in [1.54, 1.807) is 6.07 Å². The second-order valence-corrected chi connectivity index (χ2v) is 7.05. The van der Waals surface area contributed by atoms with Crippen LogP contribution in [0.15, 0.2) is 18.2 Å². The number of aliphatic carboxylic acids is 1. The number of hydrogen-bond donors (Lipinski definition) is 2. The van der Waals surface area contributed by atoms with Gasteiger partial charge >= 0.3 is 5.97 Å². The van der Waals surface area contributed by atoms with Crippen molar-refractivity contribution < 1.29 is 34.1 Å². The van der Waals surface area contributed by atoms with Crippen LogP contribution in [0.25, 0.3) is 0 Å². The number of anilines is 1. The molecule has 0 bridgehead atoms. The first-order chi connectivity index (χ1) is 14.5. The molecule has 1 aromatic carbocycles. The molecule has 0 heterocycles. The van der Waals surface area contributed by atoms with Gasteiger partial charge in [0.1, 0.15) is 17.5 Å². The molecule has 0 saturated heterocycles. The number of Topliss-reactive ketones (excluding diaryl/α,β-unsaturated/α-hetero) is 2. The maximum absolute atomic E-state index is 12.7. The molecule has 1 aromatic rings. The first-order valence-electron chi connectivity index (χ1n) is 8.90. The van der Waals surface area contributed by atoms with Gasteiger partial charge in [-0.05, 0) is 12.0 Å². The summed E-state index contributed by atoms with van der Waals surface area (Å²) in [5, 5.41) is 42.9. The lowest BCUT2D eigenvalue weighted by Gasteiger charge is -2.22. The smallest absolute Gasteiger partial charge is 0.304 e. The van der Waals surface area contributed by atoms with Gasteiger partial charge in [-0.25, -0.2) is 0 Å². The summed E-state index contributed by atoms with van der Waals surface area (Å²) in [4.78, 5) is 69.2. The van der Waals surface area contributed by atoms with Gasteiger partial charge in [-0.15, -0.1) is 0 Å². The Morgan fingerprint density at radius 2 is 1.97 bits per heavy atom. The third-order valence-corrected chi connectivity index (χ3v) is 5.14. The van der Waals surface area contributed by atoms with E-state index in [0.29, 0.717) is 0 Å². The van der Waals surface area contributed by atoms with Gasteiger partial charge in [0.15, 0.2) is 0 Å². The van der Waals surface area contributed by atoms with Crippen molar-refractivity contribution >= 4 is 34.8 Å². The number of nitrogens with one attached hydrogen (secondary N) is 1. The fraction of sp³-hybridized carbons (Fsp3) is 0.389. The van der Waals surface area contributed by atoms with Gasteiger partial charge in [0, 0.05) is 29.2 Å². The van der Waals surface area contributed by atoms with Gasteiger partial charge in [-0.1, -0.05) is 13.0 Å². The van der Waals surface area contributed by atoms with Crippen molar-refractivity contribution in [1.82, 2.24) is 0 Å². The summed E-state index contributed by atoms with van der Waals surface area (Å²) in [5.41, 5.74) is -1.65. The number of para-hydroxylation sites is 1. The lowest BCUT2D eigenvalue weighted by atomic mass is 9.80. The summed E-state index contributed by atoms with van der Waals surface area (Å²) in [6, 6.07) is 2.65. The number of nitrogens with zero attached hydrogens (tertiary/aromatic N) is 3.